The van der Waals surface area contributed by atoms with Gasteiger partial charge in [0.25, 0.3) is 0 Å². The van der Waals surface area contributed by atoms with Crippen molar-refractivity contribution in [2.75, 3.05) is 6.54 Å². The van der Waals surface area contributed by atoms with Gasteiger partial charge in [-0.2, -0.15) is 0 Å². The molecule has 1 aliphatic heterocycles. The van der Waals surface area contributed by atoms with Gasteiger partial charge in [0, 0.05) is 12.6 Å². The van der Waals surface area contributed by atoms with Crippen LogP contribution in [-0.2, 0) is 0 Å². The predicted octanol–water partition coefficient (Wildman–Crippen LogP) is 0.332. The van der Waals surface area contributed by atoms with E-state index in [2.05, 4.69) is 35.2 Å². The van der Waals surface area contributed by atoms with Crippen LogP contribution in [0.4, 0.5) is 0 Å². The van der Waals surface area contributed by atoms with Crippen LogP contribution in [0.2, 0.25) is 0 Å². The molecule has 0 amide bonds. The lowest BCUT2D eigenvalue weighted by molar-refractivity contribution is 0.949. The van der Waals surface area contributed by atoms with E-state index in [1.807, 2.05) is 0 Å². The summed E-state index contributed by atoms with van der Waals surface area (Å²) >= 11 is 8.08. The molecule has 56 valence electrons. The van der Waals surface area contributed by atoms with Gasteiger partial charge in [0.2, 0.25) is 4.33 Å². The molecular formula is C5H9N3S2. The van der Waals surface area contributed by atoms with E-state index in [0.717, 1.165) is 12.1 Å². The fraction of sp³-hybridized carbons (Fsp3) is 0.600. The Labute approximate surface area is 70.6 Å². The van der Waals surface area contributed by atoms with Gasteiger partial charge in [-0.25, -0.2) is 9.98 Å². The summed E-state index contributed by atoms with van der Waals surface area (Å²) in [6.07, 6.45) is 2.40. The summed E-state index contributed by atoms with van der Waals surface area (Å²) in [7, 11) is 0. The first-order chi connectivity index (χ1) is 4.64. The van der Waals surface area contributed by atoms with Gasteiger partial charge < -0.3 is 5.73 Å². The van der Waals surface area contributed by atoms with Crippen LogP contribution in [0.15, 0.2) is 9.98 Å². The summed E-state index contributed by atoms with van der Waals surface area (Å²) in [5.41, 5.74) is 6.17. The van der Waals surface area contributed by atoms with Crippen molar-refractivity contribution in [3.63, 3.8) is 0 Å². The lowest BCUT2D eigenvalue weighted by Crippen LogP contribution is -2.08. The largest absolute Gasteiger partial charge is 0.330 e. The fourth-order valence-corrected chi connectivity index (χ4v) is 1.05. The third kappa shape index (κ3) is 2.00. The molecule has 0 aromatic rings. The van der Waals surface area contributed by atoms with Crippen molar-refractivity contribution in [3.8, 4) is 0 Å². The van der Waals surface area contributed by atoms with E-state index in [1.54, 1.807) is 6.21 Å². The van der Waals surface area contributed by atoms with Gasteiger partial charge in [0.15, 0.2) is 0 Å². The van der Waals surface area contributed by atoms with Crippen LogP contribution in [0, 0.1) is 0 Å². The summed E-state index contributed by atoms with van der Waals surface area (Å²) in [4.78, 5) is 7.97. The summed E-state index contributed by atoms with van der Waals surface area (Å²) in [6.45, 7) is 0.586. The zero-order valence-corrected chi connectivity index (χ0v) is 7.15. The number of rotatable bonds is 2. The molecule has 0 bridgehead atoms. The van der Waals surface area contributed by atoms with E-state index in [4.69, 9.17) is 5.73 Å². The molecular weight excluding hydrogens is 166 g/mol. The van der Waals surface area contributed by atoms with Crippen molar-refractivity contribution >= 4 is 37.2 Å². The Morgan fingerprint density at radius 2 is 2.30 bits per heavy atom. The lowest BCUT2D eigenvalue weighted by atomic mass is 10.3. The fourth-order valence-electron chi connectivity index (χ4n) is 0.680. The second-order valence-electron chi connectivity index (χ2n) is 2.00. The maximum Gasteiger partial charge on any atom is 0.240 e. The maximum absolute atomic E-state index is 5.30. The lowest BCUT2D eigenvalue weighted by Gasteiger charge is -2.04. The Morgan fingerprint density at radius 3 is 2.70 bits per heavy atom. The molecule has 0 atom stereocenters. The smallest absolute Gasteiger partial charge is 0.240 e. The monoisotopic (exact) mass is 175 g/mol. The number of nitrogens with zero attached hydrogens (tertiary/aromatic N) is 2. The molecule has 3 nitrogen and oxygen atoms in total. The Balaban J connectivity index is 2.59. The van der Waals surface area contributed by atoms with Gasteiger partial charge in [0.1, 0.15) is 0 Å². The molecule has 0 aromatic carbocycles. The molecule has 0 spiro atoms. The van der Waals surface area contributed by atoms with Crippen molar-refractivity contribution in [2.24, 2.45) is 15.7 Å². The molecule has 0 saturated carbocycles. The standard InChI is InChI=1S/C5H9N3S2/c6-2-1-4-3-7-5(9,10)8-4/h3,9-10H,1-2,6H2. The predicted molar refractivity (Wildman–Crippen MR) is 50.3 cm³/mol. The van der Waals surface area contributed by atoms with Gasteiger partial charge in [-0.1, -0.05) is 0 Å². The zero-order chi connectivity index (χ0) is 7.61. The average Bonchev–Trinajstić information content (AvgIpc) is 2.12. The summed E-state index contributed by atoms with van der Waals surface area (Å²) in [5, 5.41) is 0. The van der Waals surface area contributed by atoms with Gasteiger partial charge in [-0.05, 0) is 6.54 Å². The molecule has 0 unspecified atom stereocenters. The van der Waals surface area contributed by atoms with Crippen LogP contribution < -0.4 is 5.73 Å². The topological polar surface area (TPSA) is 50.7 Å². The third-order valence-electron chi connectivity index (χ3n) is 1.08. The Hall–Kier alpha value is -0.0000000000000000555. The van der Waals surface area contributed by atoms with Crippen molar-refractivity contribution in [2.45, 2.75) is 10.7 Å². The number of hydrogen-bond donors (Lipinski definition) is 3. The minimum absolute atomic E-state index is 0.586. The van der Waals surface area contributed by atoms with E-state index in [9.17, 15) is 0 Å². The first kappa shape index (κ1) is 8.10. The molecule has 0 radical (unpaired) electrons. The minimum atomic E-state index is -0.843. The van der Waals surface area contributed by atoms with Crippen LogP contribution in [0.1, 0.15) is 6.42 Å². The molecule has 5 heteroatoms. The number of thiol groups is 2. The van der Waals surface area contributed by atoms with Crippen LogP contribution in [0.3, 0.4) is 0 Å². The second kappa shape index (κ2) is 2.94. The molecule has 1 aliphatic rings. The summed E-state index contributed by atoms with van der Waals surface area (Å²) in [6, 6.07) is 0. The Kier molecular flexibility index (Phi) is 2.38. The third-order valence-corrected chi connectivity index (χ3v) is 1.51. The average molecular weight is 175 g/mol. The van der Waals surface area contributed by atoms with Crippen LogP contribution in [-0.4, -0.2) is 22.8 Å². The van der Waals surface area contributed by atoms with Crippen molar-refractivity contribution in [1.82, 2.24) is 0 Å². The zero-order valence-electron chi connectivity index (χ0n) is 5.36. The molecule has 0 saturated heterocycles. The van der Waals surface area contributed by atoms with E-state index < -0.39 is 4.33 Å². The van der Waals surface area contributed by atoms with Crippen molar-refractivity contribution < 1.29 is 0 Å². The molecule has 1 rings (SSSR count). The Bertz CT molecular complexity index is 185. The van der Waals surface area contributed by atoms with E-state index >= 15 is 0 Å². The van der Waals surface area contributed by atoms with Gasteiger partial charge in [-0.15, -0.1) is 25.3 Å². The minimum Gasteiger partial charge on any atom is -0.330 e. The highest BCUT2D eigenvalue weighted by molar-refractivity contribution is 8.00. The van der Waals surface area contributed by atoms with Gasteiger partial charge >= 0.3 is 0 Å². The van der Waals surface area contributed by atoms with E-state index in [1.165, 1.54) is 0 Å². The first-order valence-corrected chi connectivity index (χ1v) is 3.82. The molecule has 10 heavy (non-hydrogen) atoms. The number of nitrogens with two attached hydrogens (primary N) is 1. The molecule has 0 aromatic heterocycles. The van der Waals surface area contributed by atoms with Crippen molar-refractivity contribution in [3.05, 3.63) is 0 Å². The second-order valence-corrected chi connectivity index (χ2v) is 3.60. The number of hydrogen-bond acceptors (Lipinski definition) is 5. The normalized spacial score (nSPS) is 21.3. The van der Waals surface area contributed by atoms with E-state index in [0.29, 0.717) is 6.54 Å². The molecule has 0 aliphatic carbocycles. The summed E-state index contributed by atoms with van der Waals surface area (Å²) in [5.74, 6) is 0. The first-order valence-electron chi connectivity index (χ1n) is 2.93. The van der Waals surface area contributed by atoms with Crippen LogP contribution in [0.5, 0.6) is 0 Å². The van der Waals surface area contributed by atoms with E-state index in [-0.39, 0.29) is 0 Å². The number of aliphatic imine (C=N–C) groups is 2. The molecule has 1 heterocycles. The maximum atomic E-state index is 5.30. The quantitative estimate of drug-likeness (QED) is 0.411. The molecule has 0 fully saturated rings. The SMILES string of the molecule is NCCC1=NC(S)(S)N=C1. The van der Waals surface area contributed by atoms with Gasteiger partial charge in [-0.3, -0.25) is 0 Å². The van der Waals surface area contributed by atoms with Crippen molar-refractivity contribution in [1.29, 1.82) is 0 Å². The van der Waals surface area contributed by atoms with Gasteiger partial charge in [0.05, 0.1) is 5.71 Å². The highest BCUT2D eigenvalue weighted by Gasteiger charge is 2.21. The highest BCUT2D eigenvalue weighted by Crippen LogP contribution is 2.26. The van der Waals surface area contributed by atoms with Crippen LogP contribution in [0.25, 0.3) is 0 Å². The highest BCUT2D eigenvalue weighted by atomic mass is 32.2. The van der Waals surface area contributed by atoms with Crippen LogP contribution >= 0.6 is 25.3 Å². The summed E-state index contributed by atoms with van der Waals surface area (Å²) < 4.78 is -0.843. The molecule has 2 N–H and O–H groups in total. The Morgan fingerprint density at radius 1 is 1.60 bits per heavy atom.